The van der Waals surface area contributed by atoms with Crippen molar-refractivity contribution in [1.29, 1.82) is 0 Å². The molecule has 7 heteroatoms. The summed E-state index contributed by atoms with van der Waals surface area (Å²) in [5, 5.41) is 3.64. The number of pyridine rings is 1. The van der Waals surface area contributed by atoms with Crippen molar-refractivity contribution in [3.63, 3.8) is 0 Å². The first kappa shape index (κ1) is 21.7. The zero-order valence-corrected chi connectivity index (χ0v) is 18.3. The number of halogens is 1. The maximum Gasteiger partial charge on any atom is 0.346 e. The van der Waals surface area contributed by atoms with E-state index in [1.807, 2.05) is 4.57 Å². The number of nitrogens with zero attached hydrogens (tertiary/aromatic N) is 1. The summed E-state index contributed by atoms with van der Waals surface area (Å²) in [5.41, 5.74) is 0.736. The topological polar surface area (TPSA) is 69.6 Å². The van der Waals surface area contributed by atoms with Crippen LogP contribution < -0.4 is 15.5 Å². The third kappa shape index (κ3) is 4.55. The molecule has 2 saturated carbocycles. The molecule has 0 spiro atoms. The van der Waals surface area contributed by atoms with Crippen molar-refractivity contribution in [1.82, 2.24) is 4.57 Å². The fourth-order valence-electron chi connectivity index (χ4n) is 4.90. The molecule has 2 aromatic rings. The number of fused-ring (bicyclic) bond motifs is 1. The fraction of sp³-hybridized carbons (Fsp3) is 0.583. The van der Waals surface area contributed by atoms with Gasteiger partial charge in [-0.2, -0.15) is 0 Å². The third-order valence-electron chi connectivity index (χ3n) is 6.61. The van der Waals surface area contributed by atoms with Crippen molar-refractivity contribution in [2.75, 3.05) is 12.4 Å². The predicted molar refractivity (Wildman–Crippen MR) is 118 cm³/mol. The molecular weight excluding hydrogens is 399 g/mol. The lowest BCUT2D eigenvalue weighted by Crippen LogP contribution is -2.28. The molecule has 4 rings (SSSR count). The molecule has 1 unspecified atom stereocenters. The molecule has 1 atom stereocenters. The number of carbonyl (C=O) groups is 1. The van der Waals surface area contributed by atoms with Crippen molar-refractivity contribution in [3.8, 4) is 5.75 Å². The number of aromatic nitrogens is 1. The molecule has 1 heterocycles. The quantitative estimate of drug-likeness (QED) is 0.658. The third-order valence-corrected chi connectivity index (χ3v) is 6.61. The molecule has 0 radical (unpaired) electrons. The molecular formula is C24H31FN2O4. The van der Waals surface area contributed by atoms with Crippen LogP contribution in [0.5, 0.6) is 5.75 Å². The summed E-state index contributed by atoms with van der Waals surface area (Å²) in [5.74, 6) is -0.957. The van der Waals surface area contributed by atoms with Gasteiger partial charge < -0.3 is 19.4 Å². The van der Waals surface area contributed by atoms with E-state index in [-0.39, 0.29) is 23.2 Å². The van der Waals surface area contributed by atoms with Crippen LogP contribution in [0.25, 0.3) is 10.9 Å². The normalized spacial score (nSPS) is 18.8. The highest BCUT2D eigenvalue weighted by Crippen LogP contribution is 2.34. The number of anilines is 1. The van der Waals surface area contributed by atoms with Crippen LogP contribution in [-0.2, 0) is 9.53 Å². The Kier molecular flexibility index (Phi) is 6.49. The molecule has 2 aliphatic carbocycles. The van der Waals surface area contributed by atoms with Crippen LogP contribution in [0.4, 0.5) is 10.1 Å². The van der Waals surface area contributed by atoms with Crippen molar-refractivity contribution in [2.45, 2.75) is 82.9 Å². The number of benzene rings is 1. The van der Waals surface area contributed by atoms with E-state index in [9.17, 15) is 9.59 Å². The van der Waals surface area contributed by atoms with Gasteiger partial charge in [0, 0.05) is 12.1 Å². The molecule has 0 saturated heterocycles. The van der Waals surface area contributed by atoms with Gasteiger partial charge in [0.15, 0.2) is 11.9 Å². The van der Waals surface area contributed by atoms with E-state index in [4.69, 9.17) is 9.47 Å². The molecule has 0 aliphatic heterocycles. The lowest BCUT2D eigenvalue weighted by Gasteiger charge is -2.25. The van der Waals surface area contributed by atoms with E-state index < -0.39 is 23.3 Å². The Morgan fingerprint density at radius 2 is 1.81 bits per heavy atom. The van der Waals surface area contributed by atoms with Crippen molar-refractivity contribution >= 4 is 22.6 Å². The van der Waals surface area contributed by atoms with Gasteiger partial charge in [0.1, 0.15) is 5.82 Å². The minimum atomic E-state index is -0.927. The zero-order valence-electron chi connectivity index (χ0n) is 18.3. The van der Waals surface area contributed by atoms with Gasteiger partial charge in [-0.15, -0.1) is 0 Å². The van der Waals surface area contributed by atoms with Crippen molar-refractivity contribution < 1.29 is 18.7 Å². The average molecular weight is 431 g/mol. The van der Waals surface area contributed by atoms with Crippen molar-refractivity contribution in [2.24, 2.45) is 0 Å². The van der Waals surface area contributed by atoms with Gasteiger partial charge in [-0.3, -0.25) is 4.79 Å². The smallest absolute Gasteiger partial charge is 0.346 e. The van der Waals surface area contributed by atoms with E-state index in [0.717, 1.165) is 51.4 Å². The van der Waals surface area contributed by atoms with Crippen molar-refractivity contribution in [3.05, 3.63) is 34.4 Å². The number of methoxy groups -OCH3 is 1. The first-order valence-electron chi connectivity index (χ1n) is 11.4. The minimum absolute atomic E-state index is 0.0460. The fourth-order valence-corrected chi connectivity index (χ4v) is 4.90. The van der Waals surface area contributed by atoms with Crippen LogP contribution in [0, 0.1) is 5.82 Å². The number of carbonyl (C=O) groups excluding carboxylic acids is 1. The van der Waals surface area contributed by atoms with Crippen LogP contribution in [0.2, 0.25) is 0 Å². The Balaban J connectivity index is 1.78. The highest BCUT2D eigenvalue weighted by Gasteiger charge is 2.24. The molecule has 2 aliphatic rings. The molecule has 1 aromatic heterocycles. The Morgan fingerprint density at radius 3 is 2.48 bits per heavy atom. The standard InChI is InChI=1S/C24H31FN2O4/c1-15(24(29)30-2)31-22-14-27(17-10-6-7-11-17)21-13-20(19(25)12-18(21)23(22)28)26-16-8-4-3-5-9-16/h12-17,26H,3-11H2,1-2H3. The van der Waals surface area contributed by atoms with Gasteiger partial charge >= 0.3 is 5.97 Å². The number of esters is 1. The largest absolute Gasteiger partial charge is 0.473 e. The number of nitrogens with one attached hydrogen (secondary N) is 1. The summed E-state index contributed by atoms with van der Waals surface area (Å²) in [6.07, 6.45) is 10.6. The molecule has 1 aromatic carbocycles. The van der Waals surface area contributed by atoms with Gasteiger partial charge in [0.05, 0.1) is 29.9 Å². The molecule has 6 nitrogen and oxygen atoms in total. The van der Waals surface area contributed by atoms with Gasteiger partial charge in [-0.25, -0.2) is 9.18 Å². The van der Waals surface area contributed by atoms with Gasteiger partial charge in [-0.05, 0) is 44.7 Å². The summed E-state index contributed by atoms with van der Waals surface area (Å²) in [7, 11) is 1.27. The number of hydrogen-bond acceptors (Lipinski definition) is 5. The lowest BCUT2D eigenvalue weighted by atomic mass is 9.95. The predicted octanol–water partition coefficient (Wildman–Crippen LogP) is 4.94. The molecule has 0 amide bonds. The van der Waals surface area contributed by atoms with Crippen LogP contribution in [0.3, 0.4) is 0 Å². The molecule has 2 fully saturated rings. The summed E-state index contributed by atoms with van der Waals surface area (Å²) in [6.45, 7) is 1.53. The summed E-state index contributed by atoms with van der Waals surface area (Å²) in [4.78, 5) is 24.9. The van der Waals surface area contributed by atoms with Crippen LogP contribution >= 0.6 is 0 Å². The van der Waals surface area contributed by atoms with Gasteiger partial charge in [0.2, 0.25) is 5.43 Å². The average Bonchev–Trinajstić information content (AvgIpc) is 3.31. The second kappa shape index (κ2) is 9.28. The molecule has 1 N–H and O–H groups in total. The zero-order chi connectivity index (χ0) is 22.0. The first-order chi connectivity index (χ1) is 15.0. The second-order valence-corrected chi connectivity index (χ2v) is 8.78. The Morgan fingerprint density at radius 1 is 1.13 bits per heavy atom. The summed E-state index contributed by atoms with van der Waals surface area (Å²) in [6, 6.07) is 3.55. The first-order valence-corrected chi connectivity index (χ1v) is 11.4. The number of rotatable bonds is 6. The van der Waals surface area contributed by atoms with Crippen LogP contribution in [0.15, 0.2) is 23.1 Å². The van der Waals surface area contributed by atoms with Crippen LogP contribution in [0.1, 0.15) is 70.8 Å². The second-order valence-electron chi connectivity index (χ2n) is 8.78. The van der Waals surface area contributed by atoms with Crippen LogP contribution in [-0.4, -0.2) is 29.8 Å². The van der Waals surface area contributed by atoms with Gasteiger partial charge in [0.25, 0.3) is 0 Å². The molecule has 168 valence electrons. The SMILES string of the molecule is COC(=O)C(C)Oc1cn(C2CCCC2)c2cc(NC3CCCCC3)c(F)cc2c1=O. The van der Waals surface area contributed by atoms with E-state index in [0.29, 0.717) is 11.2 Å². The van der Waals surface area contributed by atoms with E-state index >= 15 is 4.39 Å². The number of ether oxygens (including phenoxy) is 2. The monoisotopic (exact) mass is 430 g/mol. The Hall–Kier alpha value is -2.57. The minimum Gasteiger partial charge on any atom is -0.473 e. The Labute approximate surface area is 181 Å². The highest BCUT2D eigenvalue weighted by atomic mass is 19.1. The van der Waals surface area contributed by atoms with E-state index in [1.54, 1.807) is 12.3 Å². The van der Waals surface area contributed by atoms with E-state index in [2.05, 4.69) is 5.32 Å². The summed E-state index contributed by atoms with van der Waals surface area (Å²) < 4.78 is 27.4. The van der Waals surface area contributed by atoms with E-state index in [1.165, 1.54) is 26.5 Å². The Bertz CT molecular complexity index is 1010. The van der Waals surface area contributed by atoms with Gasteiger partial charge in [-0.1, -0.05) is 32.1 Å². The number of hydrogen-bond donors (Lipinski definition) is 1. The lowest BCUT2D eigenvalue weighted by molar-refractivity contribution is -0.147. The maximum absolute atomic E-state index is 15.0. The maximum atomic E-state index is 15.0. The summed E-state index contributed by atoms with van der Waals surface area (Å²) >= 11 is 0. The highest BCUT2D eigenvalue weighted by molar-refractivity contribution is 5.84. The molecule has 0 bridgehead atoms. The molecule has 31 heavy (non-hydrogen) atoms.